The fraction of sp³-hybridized carbons (Fsp3) is 0.480. The molecule has 160 valence electrons. The zero-order valence-electron chi connectivity index (χ0n) is 18.6. The number of benzene rings is 1. The van der Waals surface area contributed by atoms with Crippen LogP contribution in [0, 0.1) is 0 Å². The summed E-state index contributed by atoms with van der Waals surface area (Å²) in [6.45, 7) is 11.8. The summed E-state index contributed by atoms with van der Waals surface area (Å²) in [7, 11) is 0. The molecule has 0 spiro atoms. The third-order valence-electron chi connectivity index (χ3n) is 4.18. The molecule has 4 heteroatoms. The maximum atomic E-state index is 12.0. The minimum absolute atomic E-state index is 0.290. The molecule has 0 unspecified atom stereocenters. The average molecular weight is 401 g/mol. The standard InChI is InChI=1S/C25H36O4/c1-6-8-17-28-24-19-22(12-14-23(24)27-7-2)13-15-25(26)29-18-16-21(5)11-9-10-20(3)4/h10,12-16,19H,6-9,11,17-18H2,1-5H3. The molecule has 0 bridgehead atoms. The first-order valence-electron chi connectivity index (χ1n) is 10.5. The molecule has 0 aromatic heterocycles. The van der Waals surface area contributed by atoms with Crippen molar-refractivity contribution in [3.8, 4) is 11.5 Å². The minimum atomic E-state index is -0.360. The molecular formula is C25H36O4. The van der Waals surface area contributed by atoms with E-state index in [1.165, 1.54) is 17.2 Å². The number of rotatable bonds is 13. The van der Waals surface area contributed by atoms with Gasteiger partial charge in [-0.15, -0.1) is 0 Å². The highest BCUT2D eigenvalue weighted by Crippen LogP contribution is 2.29. The lowest BCUT2D eigenvalue weighted by Gasteiger charge is -2.12. The van der Waals surface area contributed by atoms with Crippen LogP contribution in [0.25, 0.3) is 6.08 Å². The van der Waals surface area contributed by atoms with Crippen molar-refractivity contribution in [1.82, 2.24) is 0 Å². The van der Waals surface area contributed by atoms with Gasteiger partial charge in [0.1, 0.15) is 6.61 Å². The Bertz CT molecular complexity index is 710. The van der Waals surface area contributed by atoms with Crippen LogP contribution in [-0.2, 0) is 9.53 Å². The number of unbranched alkanes of at least 4 members (excludes halogenated alkanes) is 1. The van der Waals surface area contributed by atoms with E-state index in [1.54, 1.807) is 6.08 Å². The lowest BCUT2D eigenvalue weighted by molar-refractivity contribution is -0.136. The van der Waals surface area contributed by atoms with Crippen molar-refractivity contribution in [2.75, 3.05) is 19.8 Å². The van der Waals surface area contributed by atoms with Gasteiger partial charge in [0.25, 0.3) is 0 Å². The molecule has 0 aliphatic carbocycles. The quantitative estimate of drug-likeness (QED) is 0.164. The zero-order chi connectivity index (χ0) is 21.5. The summed E-state index contributed by atoms with van der Waals surface area (Å²) in [5.41, 5.74) is 3.41. The van der Waals surface area contributed by atoms with E-state index in [0.717, 1.165) is 37.0 Å². The Morgan fingerprint density at radius 2 is 1.83 bits per heavy atom. The minimum Gasteiger partial charge on any atom is -0.490 e. The molecule has 4 nitrogen and oxygen atoms in total. The fourth-order valence-electron chi connectivity index (χ4n) is 2.51. The molecule has 0 radical (unpaired) electrons. The van der Waals surface area contributed by atoms with E-state index >= 15 is 0 Å². The second-order valence-corrected chi connectivity index (χ2v) is 7.18. The topological polar surface area (TPSA) is 44.8 Å². The maximum absolute atomic E-state index is 12.0. The highest BCUT2D eigenvalue weighted by Gasteiger charge is 2.06. The molecule has 1 rings (SSSR count). The van der Waals surface area contributed by atoms with E-state index in [-0.39, 0.29) is 5.97 Å². The Kier molecular flexibility index (Phi) is 12.3. The Balaban J connectivity index is 2.59. The first-order chi connectivity index (χ1) is 14.0. The molecule has 0 heterocycles. The molecule has 0 amide bonds. The number of hydrogen-bond donors (Lipinski definition) is 0. The van der Waals surface area contributed by atoms with Gasteiger partial charge in [-0.1, -0.05) is 36.6 Å². The second kappa shape index (κ2) is 14.5. The largest absolute Gasteiger partial charge is 0.490 e. The first kappa shape index (κ1) is 24.5. The van der Waals surface area contributed by atoms with Crippen molar-refractivity contribution in [2.45, 2.75) is 60.3 Å². The number of ether oxygens (including phenoxy) is 3. The van der Waals surface area contributed by atoms with Gasteiger partial charge in [0, 0.05) is 6.08 Å². The van der Waals surface area contributed by atoms with Gasteiger partial charge in [0.15, 0.2) is 11.5 Å². The average Bonchev–Trinajstić information content (AvgIpc) is 2.68. The van der Waals surface area contributed by atoms with Crippen molar-refractivity contribution in [2.24, 2.45) is 0 Å². The van der Waals surface area contributed by atoms with Gasteiger partial charge in [0.05, 0.1) is 13.2 Å². The Morgan fingerprint density at radius 3 is 2.52 bits per heavy atom. The molecule has 1 aromatic rings. The van der Waals surface area contributed by atoms with Crippen LogP contribution >= 0.6 is 0 Å². The third kappa shape index (κ3) is 11.2. The molecule has 0 fully saturated rings. The van der Waals surface area contributed by atoms with E-state index in [0.29, 0.717) is 25.6 Å². The van der Waals surface area contributed by atoms with E-state index in [4.69, 9.17) is 14.2 Å². The van der Waals surface area contributed by atoms with E-state index in [2.05, 4.69) is 33.8 Å². The fourth-order valence-corrected chi connectivity index (χ4v) is 2.51. The highest BCUT2D eigenvalue weighted by molar-refractivity contribution is 5.87. The second-order valence-electron chi connectivity index (χ2n) is 7.18. The molecular weight excluding hydrogens is 364 g/mol. The van der Waals surface area contributed by atoms with Crippen molar-refractivity contribution in [1.29, 1.82) is 0 Å². The van der Waals surface area contributed by atoms with Gasteiger partial charge in [0.2, 0.25) is 0 Å². The van der Waals surface area contributed by atoms with Gasteiger partial charge in [-0.3, -0.25) is 0 Å². The summed E-state index contributed by atoms with van der Waals surface area (Å²) in [6.07, 6.45) is 11.4. The van der Waals surface area contributed by atoms with Crippen molar-refractivity contribution >= 4 is 12.0 Å². The monoisotopic (exact) mass is 400 g/mol. The smallest absolute Gasteiger partial charge is 0.331 e. The molecule has 0 saturated heterocycles. The van der Waals surface area contributed by atoms with Gasteiger partial charge in [-0.05, 0) is 76.8 Å². The van der Waals surface area contributed by atoms with Crippen molar-refractivity contribution < 1.29 is 19.0 Å². The zero-order valence-corrected chi connectivity index (χ0v) is 18.6. The molecule has 0 aliphatic heterocycles. The van der Waals surface area contributed by atoms with E-state index in [9.17, 15) is 4.79 Å². The van der Waals surface area contributed by atoms with Gasteiger partial charge in [-0.25, -0.2) is 4.79 Å². The van der Waals surface area contributed by atoms with Crippen LogP contribution in [0.2, 0.25) is 0 Å². The molecule has 1 aromatic carbocycles. The lowest BCUT2D eigenvalue weighted by atomic mass is 10.1. The van der Waals surface area contributed by atoms with Gasteiger partial charge >= 0.3 is 5.97 Å². The molecule has 29 heavy (non-hydrogen) atoms. The van der Waals surface area contributed by atoms with Crippen LogP contribution in [0.1, 0.15) is 65.9 Å². The third-order valence-corrected chi connectivity index (χ3v) is 4.18. The Morgan fingerprint density at radius 1 is 1.03 bits per heavy atom. The summed E-state index contributed by atoms with van der Waals surface area (Å²) >= 11 is 0. The first-order valence-corrected chi connectivity index (χ1v) is 10.5. The summed E-state index contributed by atoms with van der Waals surface area (Å²) in [5.74, 6) is 1.06. The maximum Gasteiger partial charge on any atom is 0.331 e. The van der Waals surface area contributed by atoms with Crippen LogP contribution < -0.4 is 9.47 Å². The lowest BCUT2D eigenvalue weighted by Crippen LogP contribution is -2.01. The summed E-state index contributed by atoms with van der Waals surface area (Å²) in [5, 5.41) is 0. The predicted octanol–water partition coefficient (Wildman–Crippen LogP) is 6.51. The van der Waals surface area contributed by atoms with Crippen molar-refractivity contribution in [3.63, 3.8) is 0 Å². The van der Waals surface area contributed by atoms with Crippen LogP contribution in [0.15, 0.2) is 47.6 Å². The number of esters is 1. The number of carbonyl (C=O) groups is 1. The number of hydrogen-bond acceptors (Lipinski definition) is 4. The van der Waals surface area contributed by atoms with Crippen molar-refractivity contribution in [3.05, 3.63) is 53.1 Å². The predicted molar refractivity (Wildman–Crippen MR) is 120 cm³/mol. The molecule has 0 aliphatic rings. The number of carbonyl (C=O) groups excluding carboxylic acids is 1. The Hall–Kier alpha value is -2.49. The summed E-state index contributed by atoms with van der Waals surface area (Å²) in [6, 6.07) is 5.65. The SMILES string of the molecule is CCCCOc1cc(C=CC(=O)OCC=C(C)CCC=C(C)C)ccc1OCC. The summed E-state index contributed by atoms with van der Waals surface area (Å²) in [4.78, 5) is 12.0. The molecule has 0 saturated carbocycles. The van der Waals surface area contributed by atoms with Crippen LogP contribution in [0.3, 0.4) is 0 Å². The van der Waals surface area contributed by atoms with Crippen LogP contribution in [0.5, 0.6) is 11.5 Å². The van der Waals surface area contributed by atoms with E-state index in [1.807, 2.05) is 31.2 Å². The Labute approximate surface area is 176 Å². The van der Waals surface area contributed by atoms with Gasteiger partial charge < -0.3 is 14.2 Å². The molecule has 0 N–H and O–H groups in total. The van der Waals surface area contributed by atoms with Crippen LogP contribution in [-0.4, -0.2) is 25.8 Å². The number of allylic oxidation sites excluding steroid dienone is 3. The molecule has 0 atom stereocenters. The van der Waals surface area contributed by atoms with Crippen LogP contribution in [0.4, 0.5) is 0 Å². The summed E-state index contributed by atoms with van der Waals surface area (Å²) < 4.78 is 16.7. The van der Waals surface area contributed by atoms with E-state index < -0.39 is 0 Å². The highest BCUT2D eigenvalue weighted by atomic mass is 16.5. The van der Waals surface area contributed by atoms with Gasteiger partial charge in [-0.2, -0.15) is 0 Å². The normalized spacial score (nSPS) is 11.4.